The van der Waals surface area contributed by atoms with Gasteiger partial charge in [-0.2, -0.15) is 0 Å². The molecular formula is C21H26N2O4. The minimum absolute atomic E-state index is 0.0114. The van der Waals surface area contributed by atoms with Crippen LogP contribution in [-0.2, 0) is 0 Å². The summed E-state index contributed by atoms with van der Waals surface area (Å²) in [6, 6.07) is 11.1. The van der Waals surface area contributed by atoms with E-state index in [2.05, 4.69) is 12.2 Å². The summed E-state index contributed by atoms with van der Waals surface area (Å²) in [5, 5.41) is 12.9. The first kappa shape index (κ1) is 20.3. The molecule has 0 spiro atoms. The van der Waals surface area contributed by atoms with E-state index in [0.717, 1.165) is 25.7 Å². The van der Waals surface area contributed by atoms with E-state index < -0.39 is 12.0 Å². The first-order chi connectivity index (χ1) is 12.9. The van der Waals surface area contributed by atoms with E-state index in [1.807, 2.05) is 6.92 Å². The minimum atomic E-state index is -0.555. The predicted octanol–water partition coefficient (Wildman–Crippen LogP) is 4.22. The Hall–Kier alpha value is -3.02. The summed E-state index contributed by atoms with van der Waals surface area (Å²) in [6.07, 6.45) is 3.67. The number of aromatic hydroxyl groups is 1. The zero-order chi connectivity index (χ0) is 19.8. The van der Waals surface area contributed by atoms with Crippen LogP contribution in [0.25, 0.3) is 11.1 Å². The maximum absolute atomic E-state index is 12.1. The number of amides is 2. The molecule has 0 bridgehead atoms. The van der Waals surface area contributed by atoms with Gasteiger partial charge in [-0.1, -0.05) is 38.3 Å². The molecule has 0 aromatic heterocycles. The maximum Gasteiger partial charge on any atom is 0.412 e. The smallest absolute Gasteiger partial charge is 0.412 e. The number of hydrogen-bond acceptors (Lipinski definition) is 4. The molecule has 2 aromatic carbocycles. The van der Waals surface area contributed by atoms with Crippen LogP contribution in [0.1, 0.15) is 49.9 Å². The fourth-order valence-corrected chi connectivity index (χ4v) is 2.76. The summed E-state index contributed by atoms with van der Waals surface area (Å²) in [5.41, 5.74) is 6.68. The van der Waals surface area contributed by atoms with Crippen molar-refractivity contribution in [2.24, 2.45) is 5.73 Å². The van der Waals surface area contributed by atoms with Gasteiger partial charge in [0.2, 0.25) is 5.91 Å². The molecule has 0 heterocycles. The fraction of sp³-hybridized carbons (Fsp3) is 0.333. The van der Waals surface area contributed by atoms with E-state index in [1.165, 1.54) is 12.1 Å². The molecule has 0 radical (unpaired) electrons. The molecule has 1 unspecified atom stereocenters. The normalized spacial score (nSPS) is 11.6. The van der Waals surface area contributed by atoms with Crippen molar-refractivity contribution in [3.05, 3.63) is 48.0 Å². The molecule has 4 N–H and O–H groups in total. The van der Waals surface area contributed by atoms with Crippen LogP contribution in [0.2, 0.25) is 0 Å². The van der Waals surface area contributed by atoms with Crippen LogP contribution < -0.4 is 15.8 Å². The van der Waals surface area contributed by atoms with Gasteiger partial charge in [0, 0.05) is 17.2 Å². The Balaban J connectivity index is 2.09. The average Bonchev–Trinajstić information content (AvgIpc) is 2.63. The number of rotatable bonds is 8. The van der Waals surface area contributed by atoms with Gasteiger partial charge >= 0.3 is 6.09 Å². The molecule has 2 rings (SSSR count). The van der Waals surface area contributed by atoms with Gasteiger partial charge in [0.1, 0.15) is 11.5 Å². The summed E-state index contributed by atoms with van der Waals surface area (Å²) in [4.78, 5) is 23.4. The first-order valence-electron chi connectivity index (χ1n) is 9.12. The Bertz CT molecular complexity index is 805. The maximum atomic E-state index is 12.1. The van der Waals surface area contributed by atoms with Gasteiger partial charge in [-0.25, -0.2) is 4.79 Å². The third-order valence-electron chi connectivity index (χ3n) is 4.24. The summed E-state index contributed by atoms with van der Waals surface area (Å²) in [7, 11) is 0. The number of nitrogens with two attached hydrogens (primary N) is 1. The highest BCUT2D eigenvalue weighted by Gasteiger charge is 2.13. The van der Waals surface area contributed by atoms with Crippen molar-refractivity contribution in [3.8, 4) is 22.6 Å². The highest BCUT2D eigenvalue weighted by atomic mass is 16.6. The highest BCUT2D eigenvalue weighted by molar-refractivity contribution is 5.94. The molecule has 2 aromatic rings. The van der Waals surface area contributed by atoms with Crippen LogP contribution in [0, 0.1) is 0 Å². The summed E-state index contributed by atoms with van der Waals surface area (Å²) in [5.74, 6) is -0.247. The topological polar surface area (TPSA) is 102 Å². The Morgan fingerprint density at radius 2 is 1.96 bits per heavy atom. The van der Waals surface area contributed by atoms with Crippen LogP contribution in [0.15, 0.2) is 42.5 Å². The lowest BCUT2D eigenvalue weighted by molar-refractivity contribution is 0.1000. The van der Waals surface area contributed by atoms with Crippen molar-refractivity contribution in [1.82, 2.24) is 5.32 Å². The van der Waals surface area contributed by atoms with E-state index in [-0.39, 0.29) is 11.8 Å². The zero-order valence-electron chi connectivity index (χ0n) is 15.7. The monoisotopic (exact) mass is 370 g/mol. The Morgan fingerprint density at radius 1 is 1.19 bits per heavy atom. The lowest BCUT2D eigenvalue weighted by Gasteiger charge is -2.14. The average molecular weight is 370 g/mol. The van der Waals surface area contributed by atoms with Crippen molar-refractivity contribution < 1.29 is 19.4 Å². The molecule has 0 aliphatic carbocycles. The quantitative estimate of drug-likeness (QED) is 0.606. The van der Waals surface area contributed by atoms with Gasteiger partial charge in [0.25, 0.3) is 0 Å². The molecule has 2 amide bonds. The Kier molecular flexibility index (Phi) is 7.23. The van der Waals surface area contributed by atoms with Crippen molar-refractivity contribution in [1.29, 1.82) is 0 Å². The third-order valence-corrected chi connectivity index (χ3v) is 4.24. The minimum Gasteiger partial charge on any atom is -0.507 e. The lowest BCUT2D eigenvalue weighted by Crippen LogP contribution is -2.34. The molecule has 6 heteroatoms. The molecule has 144 valence electrons. The Labute approximate surface area is 159 Å². The molecule has 0 aliphatic rings. The SMILES string of the molecule is CCCCCC(C)NC(=O)Oc1ccc(O)c(-c2cccc(C(N)=O)c2)c1. The fourth-order valence-electron chi connectivity index (χ4n) is 2.76. The van der Waals surface area contributed by atoms with Crippen LogP contribution >= 0.6 is 0 Å². The van der Waals surface area contributed by atoms with E-state index in [9.17, 15) is 14.7 Å². The summed E-state index contributed by atoms with van der Waals surface area (Å²) < 4.78 is 5.33. The van der Waals surface area contributed by atoms with Crippen molar-refractivity contribution in [2.75, 3.05) is 0 Å². The number of phenols is 1. The highest BCUT2D eigenvalue weighted by Crippen LogP contribution is 2.33. The predicted molar refractivity (Wildman–Crippen MR) is 105 cm³/mol. The summed E-state index contributed by atoms with van der Waals surface area (Å²) in [6.45, 7) is 4.07. The van der Waals surface area contributed by atoms with Gasteiger partial charge in [-0.05, 0) is 49.2 Å². The molecule has 1 atom stereocenters. The second-order valence-corrected chi connectivity index (χ2v) is 6.55. The van der Waals surface area contributed by atoms with Crippen molar-refractivity contribution in [2.45, 2.75) is 45.6 Å². The summed E-state index contributed by atoms with van der Waals surface area (Å²) >= 11 is 0. The van der Waals surface area contributed by atoms with Crippen molar-refractivity contribution in [3.63, 3.8) is 0 Å². The van der Waals surface area contributed by atoms with E-state index in [0.29, 0.717) is 22.4 Å². The van der Waals surface area contributed by atoms with Gasteiger partial charge in [-0.3, -0.25) is 4.79 Å². The number of nitrogens with one attached hydrogen (secondary N) is 1. The van der Waals surface area contributed by atoms with E-state index in [1.54, 1.807) is 30.3 Å². The van der Waals surface area contributed by atoms with E-state index in [4.69, 9.17) is 10.5 Å². The van der Waals surface area contributed by atoms with Crippen LogP contribution in [0.5, 0.6) is 11.5 Å². The molecular weight excluding hydrogens is 344 g/mol. The second-order valence-electron chi connectivity index (χ2n) is 6.55. The Morgan fingerprint density at radius 3 is 2.67 bits per heavy atom. The van der Waals surface area contributed by atoms with Gasteiger partial charge in [-0.15, -0.1) is 0 Å². The first-order valence-corrected chi connectivity index (χ1v) is 9.12. The molecule has 0 fully saturated rings. The number of unbranched alkanes of at least 4 members (excludes halogenated alkanes) is 2. The van der Waals surface area contributed by atoms with Crippen LogP contribution in [0.3, 0.4) is 0 Å². The molecule has 27 heavy (non-hydrogen) atoms. The third kappa shape index (κ3) is 6.02. The van der Waals surface area contributed by atoms with Crippen LogP contribution in [0.4, 0.5) is 4.79 Å². The number of benzene rings is 2. The molecule has 0 aliphatic heterocycles. The number of phenolic OH excluding ortho intramolecular Hbond substituents is 1. The lowest BCUT2D eigenvalue weighted by atomic mass is 10.0. The van der Waals surface area contributed by atoms with Gasteiger partial charge in [0.15, 0.2) is 0 Å². The van der Waals surface area contributed by atoms with Crippen molar-refractivity contribution >= 4 is 12.0 Å². The number of carbonyl (C=O) groups is 2. The number of carbonyl (C=O) groups excluding carboxylic acids is 2. The number of primary amides is 1. The molecule has 0 saturated heterocycles. The second kappa shape index (κ2) is 9.62. The molecule has 0 saturated carbocycles. The zero-order valence-corrected chi connectivity index (χ0v) is 15.7. The van der Waals surface area contributed by atoms with Gasteiger partial charge in [0.05, 0.1) is 0 Å². The molecule has 6 nitrogen and oxygen atoms in total. The largest absolute Gasteiger partial charge is 0.507 e. The van der Waals surface area contributed by atoms with Crippen LogP contribution in [-0.4, -0.2) is 23.1 Å². The standard InChI is InChI=1S/C21H26N2O4/c1-3-4-5-7-14(2)23-21(26)27-17-10-11-19(24)18(13-17)15-8-6-9-16(12-15)20(22)25/h6,8-14,24H,3-5,7H2,1-2H3,(H2,22,25)(H,23,26). The van der Waals surface area contributed by atoms with Gasteiger partial charge < -0.3 is 20.9 Å². The number of ether oxygens (including phenoxy) is 1. The number of hydrogen-bond donors (Lipinski definition) is 3. The van der Waals surface area contributed by atoms with E-state index >= 15 is 0 Å².